The maximum absolute atomic E-state index is 11.7. The molecule has 1 aliphatic carbocycles. The van der Waals surface area contributed by atoms with Crippen molar-refractivity contribution >= 4 is 40.2 Å². The number of benzene rings is 3. The number of aromatic nitrogens is 3. The lowest BCUT2D eigenvalue weighted by molar-refractivity contribution is 0.0600. The van der Waals surface area contributed by atoms with Crippen molar-refractivity contribution in [2.45, 2.75) is 31.2 Å². The van der Waals surface area contributed by atoms with Crippen LogP contribution in [0, 0.1) is 0 Å². The van der Waals surface area contributed by atoms with E-state index < -0.39 is 5.97 Å². The average molecular weight is 572 g/mol. The molecule has 0 radical (unpaired) electrons. The van der Waals surface area contributed by atoms with Crippen molar-refractivity contribution in [1.29, 1.82) is 0 Å². The lowest BCUT2D eigenvalue weighted by Gasteiger charge is -2.20. The average Bonchev–Trinajstić information content (AvgIpc) is 3.77. The molecule has 0 saturated heterocycles. The minimum absolute atomic E-state index is 0.000402. The molecule has 0 atom stereocenters. The van der Waals surface area contributed by atoms with Crippen LogP contribution in [-0.4, -0.2) is 34.2 Å². The van der Waals surface area contributed by atoms with Gasteiger partial charge in [0.1, 0.15) is 12.4 Å². The molecule has 0 spiro atoms. The molecule has 3 aromatic carbocycles. The molecule has 1 aliphatic rings. The number of rotatable bonds is 9. The van der Waals surface area contributed by atoms with Gasteiger partial charge in [-0.1, -0.05) is 53.5 Å². The maximum Gasteiger partial charge on any atom is 0.339 e. The van der Waals surface area contributed by atoms with E-state index in [2.05, 4.69) is 52.0 Å². The molecule has 0 amide bonds. The minimum atomic E-state index is -0.427. The number of hydrogen-bond acceptors (Lipinski definition) is 5. The smallest absolute Gasteiger partial charge is 0.339 e. The number of carbonyl (C=O) groups is 1. The molecule has 0 aliphatic heterocycles. The molecule has 6 rings (SSSR count). The van der Waals surface area contributed by atoms with Gasteiger partial charge in [0.25, 0.3) is 0 Å². The first-order valence-corrected chi connectivity index (χ1v) is 13.9. The maximum atomic E-state index is 11.7. The SMILES string of the molecule is COC(=O)c1ccc(OCCn2c(C3CC3)nc3ccc(C(c4ccc(Cl)cc4)c4ccc(Cl)cc4)cc32)nc1. The topological polar surface area (TPSA) is 66.2 Å². The first kappa shape index (κ1) is 26.4. The normalized spacial score (nSPS) is 13.1. The van der Waals surface area contributed by atoms with Gasteiger partial charge in [-0.2, -0.15) is 0 Å². The Labute approximate surface area is 242 Å². The van der Waals surface area contributed by atoms with E-state index in [1.54, 1.807) is 12.1 Å². The number of esters is 1. The predicted octanol–water partition coefficient (Wildman–Crippen LogP) is 7.66. The summed E-state index contributed by atoms with van der Waals surface area (Å²) in [4.78, 5) is 21.0. The Morgan fingerprint density at radius 2 is 1.57 bits per heavy atom. The van der Waals surface area contributed by atoms with Crippen molar-refractivity contribution in [3.63, 3.8) is 0 Å². The lowest BCUT2D eigenvalue weighted by Crippen LogP contribution is -2.12. The number of nitrogens with zero attached hydrogens (tertiary/aromatic N) is 3. The van der Waals surface area contributed by atoms with Crippen LogP contribution in [0.3, 0.4) is 0 Å². The van der Waals surface area contributed by atoms with Crippen LogP contribution in [0.1, 0.15) is 57.6 Å². The van der Waals surface area contributed by atoms with Crippen LogP contribution in [0.2, 0.25) is 10.0 Å². The number of ether oxygens (including phenoxy) is 2. The summed E-state index contributed by atoms with van der Waals surface area (Å²) >= 11 is 12.4. The van der Waals surface area contributed by atoms with Crippen molar-refractivity contribution in [3.8, 4) is 5.88 Å². The van der Waals surface area contributed by atoms with Gasteiger partial charge in [-0.3, -0.25) is 0 Å². The van der Waals surface area contributed by atoms with Gasteiger partial charge in [-0.05, 0) is 72.0 Å². The molecule has 5 aromatic rings. The van der Waals surface area contributed by atoms with E-state index in [0.717, 1.165) is 46.4 Å². The van der Waals surface area contributed by atoms with E-state index in [1.807, 2.05) is 24.3 Å². The Balaban J connectivity index is 1.32. The molecule has 2 aromatic heterocycles. The van der Waals surface area contributed by atoms with Crippen LogP contribution in [-0.2, 0) is 11.3 Å². The van der Waals surface area contributed by atoms with Gasteiger partial charge in [0.05, 0.1) is 30.3 Å². The third kappa shape index (κ3) is 5.55. The number of imidazole rings is 1. The summed E-state index contributed by atoms with van der Waals surface area (Å²) in [5.74, 6) is 1.59. The van der Waals surface area contributed by atoms with Gasteiger partial charge in [-0.15, -0.1) is 0 Å². The molecular formula is C32H27Cl2N3O3. The van der Waals surface area contributed by atoms with Gasteiger partial charge in [-0.25, -0.2) is 14.8 Å². The summed E-state index contributed by atoms with van der Waals surface area (Å²) in [6, 6.07) is 25.9. The molecule has 1 saturated carbocycles. The fourth-order valence-electron chi connectivity index (χ4n) is 5.06. The zero-order valence-corrected chi connectivity index (χ0v) is 23.4. The monoisotopic (exact) mass is 571 g/mol. The zero-order valence-electron chi connectivity index (χ0n) is 21.9. The lowest BCUT2D eigenvalue weighted by atomic mass is 9.85. The zero-order chi connectivity index (χ0) is 27.6. The van der Waals surface area contributed by atoms with Crippen molar-refractivity contribution in [1.82, 2.24) is 14.5 Å². The molecule has 0 unspecified atom stereocenters. The fraction of sp³-hybridized carbons (Fsp3) is 0.219. The second-order valence-corrected chi connectivity index (χ2v) is 10.8. The van der Waals surface area contributed by atoms with Crippen molar-refractivity contribution in [2.75, 3.05) is 13.7 Å². The quantitative estimate of drug-likeness (QED) is 0.134. The van der Waals surface area contributed by atoms with Gasteiger partial charge < -0.3 is 14.0 Å². The fourth-order valence-corrected chi connectivity index (χ4v) is 5.31. The number of fused-ring (bicyclic) bond motifs is 1. The molecule has 2 heterocycles. The van der Waals surface area contributed by atoms with Crippen LogP contribution in [0.25, 0.3) is 11.0 Å². The summed E-state index contributed by atoms with van der Waals surface area (Å²) < 4.78 is 13.0. The third-order valence-electron chi connectivity index (χ3n) is 7.21. The number of methoxy groups -OCH3 is 1. The van der Waals surface area contributed by atoms with Crippen LogP contribution >= 0.6 is 23.2 Å². The number of halogens is 2. The van der Waals surface area contributed by atoms with E-state index in [1.165, 1.54) is 13.3 Å². The van der Waals surface area contributed by atoms with Gasteiger partial charge in [0.15, 0.2) is 0 Å². The highest BCUT2D eigenvalue weighted by atomic mass is 35.5. The molecule has 0 bridgehead atoms. The summed E-state index contributed by atoms with van der Waals surface area (Å²) in [5, 5.41) is 1.41. The summed E-state index contributed by atoms with van der Waals surface area (Å²) in [5.41, 5.74) is 5.87. The second kappa shape index (κ2) is 11.3. The molecule has 0 N–H and O–H groups in total. The van der Waals surface area contributed by atoms with E-state index in [-0.39, 0.29) is 5.92 Å². The van der Waals surface area contributed by atoms with E-state index in [4.69, 9.17) is 37.7 Å². The summed E-state index contributed by atoms with van der Waals surface area (Å²) in [7, 11) is 1.35. The number of hydrogen-bond donors (Lipinski definition) is 0. The summed E-state index contributed by atoms with van der Waals surface area (Å²) in [6.07, 6.45) is 3.75. The largest absolute Gasteiger partial charge is 0.476 e. The highest BCUT2D eigenvalue weighted by molar-refractivity contribution is 6.30. The summed E-state index contributed by atoms with van der Waals surface area (Å²) in [6.45, 7) is 1.04. The van der Waals surface area contributed by atoms with Gasteiger partial charge in [0, 0.05) is 34.1 Å². The highest BCUT2D eigenvalue weighted by Crippen LogP contribution is 2.41. The second-order valence-electron chi connectivity index (χ2n) is 9.91. The number of carbonyl (C=O) groups excluding carboxylic acids is 1. The van der Waals surface area contributed by atoms with E-state index in [9.17, 15) is 4.79 Å². The van der Waals surface area contributed by atoms with Crippen LogP contribution in [0.4, 0.5) is 0 Å². The molecule has 8 heteroatoms. The van der Waals surface area contributed by atoms with Gasteiger partial charge in [0.2, 0.25) is 5.88 Å². The van der Waals surface area contributed by atoms with Gasteiger partial charge >= 0.3 is 5.97 Å². The molecule has 6 nitrogen and oxygen atoms in total. The van der Waals surface area contributed by atoms with Crippen molar-refractivity contribution in [3.05, 3.63) is 123 Å². The first-order chi connectivity index (χ1) is 19.5. The standard InChI is InChI=1S/C32H27Cl2N3O3/c1-39-32(38)24-9-15-29(35-19-24)40-17-16-37-28-18-23(8-14-27(28)36-31(37)22-2-3-22)30(20-4-10-25(33)11-5-20)21-6-12-26(34)13-7-21/h4-15,18-19,22,30H,2-3,16-17H2,1H3. The Bertz CT molecular complexity index is 1600. The molecular weight excluding hydrogens is 545 g/mol. The number of pyridine rings is 1. The Hall–Kier alpha value is -3.87. The van der Waals surface area contributed by atoms with Crippen LogP contribution in [0.5, 0.6) is 5.88 Å². The highest BCUT2D eigenvalue weighted by Gasteiger charge is 2.30. The Kier molecular flexibility index (Phi) is 7.46. The van der Waals surface area contributed by atoms with E-state index in [0.29, 0.717) is 40.6 Å². The Morgan fingerprint density at radius 3 is 2.15 bits per heavy atom. The molecule has 40 heavy (non-hydrogen) atoms. The van der Waals surface area contributed by atoms with Crippen LogP contribution < -0.4 is 4.74 Å². The van der Waals surface area contributed by atoms with Crippen LogP contribution in [0.15, 0.2) is 85.1 Å². The minimum Gasteiger partial charge on any atom is -0.476 e. The Morgan fingerprint density at radius 1 is 0.925 bits per heavy atom. The van der Waals surface area contributed by atoms with E-state index >= 15 is 0 Å². The van der Waals surface area contributed by atoms with Crippen molar-refractivity contribution in [2.24, 2.45) is 0 Å². The predicted molar refractivity (Wildman–Crippen MR) is 157 cm³/mol. The molecule has 1 fully saturated rings. The molecule has 202 valence electrons. The first-order valence-electron chi connectivity index (χ1n) is 13.2. The van der Waals surface area contributed by atoms with Crippen molar-refractivity contribution < 1.29 is 14.3 Å². The third-order valence-corrected chi connectivity index (χ3v) is 7.71.